The molecule has 0 aromatic carbocycles. The predicted molar refractivity (Wildman–Crippen MR) is 138 cm³/mol. The van der Waals surface area contributed by atoms with Gasteiger partial charge in [-0.05, 0) is 17.6 Å². The van der Waals surface area contributed by atoms with Crippen LogP contribution in [-0.4, -0.2) is 12.5 Å². The number of carbonyl (C=O) groups excluding carboxylic acids is 1. The molecule has 0 radical (unpaired) electrons. The summed E-state index contributed by atoms with van der Waals surface area (Å²) in [5.41, 5.74) is 2.21. The summed E-state index contributed by atoms with van der Waals surface area (Å²) in [4.78, 5) is 11.0. The van der Waals surface area contributed by atoms with Crippen LogP contribution < -0.4 is 5.32 Å². The summed E-state index contributed by atoms with van der Waals surface area (Å²) in [6.07, 6.45) is 8.19. The van der Waals surface area contributed by atoms with Crippen molar-refractivity contribution < 1.29 is 4.79 Å². The molecule has 1 rings (SSSR count). The average molecular weight is 398 g/mol. The van der Waals surface area contributed by atoms with Crippen LogP contribution in [0.2, 0.25) is 0 Å². The SMILES string of the molecule is C=CC1=C(C=C)CNC(=O)CC1.C=CC=C.CC.CC.CC.CC.CC.CC. The Balaban J connectivity index is -0.0000000464. The van der Waals surface area contributed by atoms with E-state index in [-0.39, 0.29) is 5.91 Å². The Morgan fingerprint density at radius 2 is 0.929 bits per heavy atom. The first-order valence-electron chi connectivity index (χ1n) is 11.2. The highest BCUT2D eigenvalue weighted by atomic mass is 16.1. The van der Waals surface area contributed by atoms with E-state index in [1.807, 2.05) is 83.1 Å². The summed E-state index contributed by atoms with van der Waals surface area (Å²) in [5, 5.41) is 2.79. The Labute approximate surface area is 180 Å². The van der Waals surface area contributed by atoms with E-state index in [4.69, 9.17) is 0 Å². The number of nitrogens with one attached hydrogen (secondary N) is 1. The number of carbonyl (C=O) groups is 1. The molecule has 1 aliphatic heterocycles. The zero-order chi connectivity index (χ0) is 24.4. The highest BCUT2D eigenvalue weighted by Crippen LogP contribution is 2.15. The van der Waals surface area contributed by atoms with Crippen LogP contribution in [0.15, 0.2) is 61.8 Å². The zero-order valence-corrected chi connectivity index (χ0v) is 21.7. The quantitative estimate of drug-likeness (QED) is 0.473. The second-order valence-electron chi connectivity index (χ2n) is 3.21. The summed E-state index contributed by atoms with van der Waals surface area (Å²) >= 11 is 0. The number of hydrogen-bond donors (Lipinski definition) is 1. The molecule has 0 aromatic heterocycles. The molecule has 0 aromatic rings. The second kappa shape index (κ2) is 63.9. The fourth-order valence-electron chi connectivity index (χ4n) is 1.24. The van der Waals surface area contributed by atoms with Crippen LogP contribution in [-0.2, 0) is 4.79 Å². The number of amides is 1. The molecule has 0 fully saturated rings. The number of hydrogen-bond acceptors (Lipinski definition) is 1. The first kappa shape index (κ1) is 45.1. The summed E-state index contributed by atoms with van der Waals surface area (Å²) in [7, 11) is 0. The first-order chi connectivity index (χ1) is 13.7. The van der Waals surface area contributed by atoms with Gasteiger partial charge in [-0.3, -0.25) is 4.79 Å². The standard InChI is InChI=1S/C10H13NO.C4H6.6C2H6/c1-3-8-5-6-10(12)11-7-9(8)4-2;1-3-4-2;6*1-2/h3-4H,1-2,5-7H2,(H,11,12);3-4H,1-2H2;6*1-2H3. The molecule has 1 N–H and O–H groups in total. The monoisotopic (exact) mass is 397 g/mol. The second-order valence-corrected chi connectivity index (χ2v) is 3.21. The largest absolute Gasteiger partial charge is 0.352 e. The third-order valence-electron chi connectivity index (χ3n) is 2.17. The van der Waals surface area contributed by atoms with Crippen molar-refractivity contribution in [1.29, 1.82) is 0 Å². The van der Waals surface area contributed by atoms with E-state index in [9.17, 15) is 4.79 Å². The van der Waals surface area contributed by atoms with Gasteiger partial charge in [0.05, 0.1) is 0 Å². The van der Waals surface area contributed by atoms with E-state index in [2.05, 4.69) is 31.6 Å². The van der Waals surface area contributed by atoms with E-state index in [0.29, 0.717) is 13.0 Å². The van der Waals surface area contributed by atoms with Gasteiger partial charge in [-0.25, -0.2) is 0 Å². The lowest BCUT2D eigenvalue weighted by atomic mass is 10.1. The minimum absolute atomic E-state index is 0.103. The molecule has 0 spiro atoms. The molecular formula is C26H55NO. The molecule has 0 saturated carbocycles. The maximum Gasteiger partial charge on any atom is 0.220 e. The summed E-state index contributed by atoms with van der Waals surface area (Å²) in [6, 6.07) is 0. The van der Waals surface area contributed by atoms with Crippen LogP contribution in [0.4, 0.5) is 0 Å². The van der Waals surface area contributed by atoms with Gasteiger partial charge in [0.15, 0.2) is 0 Å². The van der Waals surface area contributed by atoms with E-state index in [1.54, 1.807) is 24.3 Å². The van der Waals surface area contributed by atoms with Gasteiger partial charge >= 0.3 is 0 Å². The van der Waals surface area contributed by atoms with Gasteiger partial charge in [-0.2, -0.15) is 0 Å². The van der Waals surface area contributed by atoms with Crippen LogP contribution in [0.1, 0.15) is 95.9 Å². The third-order valence-corrected chi connectivity index (χ3v) is 2.17. The van der Waals surface area contributed by atoms with E-state index < -0.39 is 0 Å². The van der Waals surface area contributed by atoms with Crippen LogP contribution in [0.25, 0.3) is 0 Å². The van der Waals surface area contributed by atoms with Crippen molar-refractivity contribution in [2.75, 3.05) is 6.54 Å². The van der Waals surface area contributed by atoms with Crippen molar-refractivity contribution >= 4 is 5.91 Å². The van der Waals surface area contributed by atoms with Gasteiger partial charge in [0, 0.05) is 13.0 Å². The van der Waals surface area contributed by atoms with Crippen molar-refractivity contribution in [2.45, 2.75) is 95.9 Å². The van der Waals surface area contributed by atoms with E-state index >= 15 is 0 Å². The van der Waals surface area contributed by atoms with Gasteiger partial charge in [-0.1, -0.05) is 134 Å². The smallest absolute Gasteiger partial charge is 0.220 e. The molecule has 170 valence electrons. The van der Waals surface area contributed by atoms with Crippen molar-refractivity contribution in [2.24, 2.45) is 0 Å². The van der Waals surface area contributed by atoms with Crippen LogP contribution in [0.5, 0.6) is 0 Å². The van der Waals surface area contributed by atoms with Crippen LogP contribution >= 0.6 is 0 Å². The minimum atomic E-state index is 0.103. The average Bonchev–Trinajstić information content (AvgIpc) is 3.02. The van der Waals surface area contributed by atoms with Gasteiger partial charge in [-0.15, -0.1) is 0 Å². The molecule has 1 heterocycles. The molecule has 0 unspecified atom stereocenters. The van der Waals surface area contributed by atoms with Gasteiger partial charge in [0.2, 0.25) is 5.91 Å². The Morgan fingerprint density at radius 1 is 0.607 bits per heavy atom. The van der Waals surface area contributed by atoms with Crippen molar-refractivity contribution in [1.82, 2.24) is 5.32 Å². The fourth-order valence-corrected chi connectivity index (χ4v) is 1.24. The highest BCUT2D eigenvalue weighted by Gasteiger charge is 2.10. The lowest BCUT2D eigenvalue weighted by molar-refractivity contribution is -0.120. The van der Waals surface area contributed by atoms with Gasteiger partial charge in [0.25, 0.3) is 0 Å². The molecule has 2 nitrogen and oxygen atoms in total. The highest BCUT2D eigenvalue weighted by molar-refractivity contribution is 5.77. The molecule has 0 aliphatic carbocycles. The predicted octanol–water partition coefficient (Wildman–Crippen LogP) is 9.08. The molecule has 0 bridgehead atoms. The van der Waals surface area contributed by atoms with Crippen molar-refractivity contribution in [3.63, 3.8) is 0 Å². The molecule has 0 saturated heterocycles. The number of allylic oxidation sites excluding steroid dienone is 4. The number of rotatable bonds is 3. The summed E-state index contributed by atoms with van der Waals surface area (Å²) in [6.45, 7) is 38.7. The molecule has 0 atom stereocenters. The molecule has 1 aliphatic rings. The maximum atomic E-state index is 11.0. The molecule has 28 heavy (non-hydrogen) atoms. The Hall–Kier alpha value is -1.83. The lowest BCUT2D eigenvalue weighted by Gasteiger charge is -2.02. The Morgan fingerprint density at radius 3 is 1.18 bits per heavy atom. The Bertz CT molecular complexity index is 295. The minimum Gasteiger partial charge on any atom is -0.352 e. The maximum absolute atomic E-state index is 11.0. The van der Waals surface area contributed by atoms with Crippen molar-refractivity contribution in [3.8, 4) is 0 Å². The van der Waals surface area contributed by atoms with Crippen LogP contribution in [0.3, 0.4) is 0 Å². The van der Waals surface area contributed by atoms with E-state index in [0.717, 1.165) is 17.6 Å². The molecule has 1 amide bonds. The normalized spacial score (nSPS) is 9.79. The summed E-state index contributed by atoms with van der Waals surface area (Å²) in [5.74, 6) is 0.103. The van der Waals surface area contributed by atoms with Gasteiger partial charge < -0.3 is 5.32 Å². The third kappa shape index (κ3) is 44.0. The van der Waals surface area contributed by atoms with Crippen LogP contribution in [0, 0.1) is 0 Å². The Kier molecular flexibility index (Phi) is 103. The van der Waals surface area contributed by atoms with Gasteiger partial charge in [0.1, 0.15) is 0 Å². The fraction of sp³-hybridized carbons (Fsp3) is 0.577. The first-order valence-corrected chi connectivity index (χ1v) is 11.2. The summed E-state index contributed by atoms with van der Waals surface area (Å²) < 4.78 is 0. The van der Waals surface area contributed by atoms with Crippen molar-refractivity contribution in [3.05, 3.63) is 61.8 Å². The molecule has 2 heteroatoms. The zero-order valence-electron chi connectivity index (χ0n) is 21.7. The topological polar surface area (TPSA) is 29.1 Å². The molecular weight excluding hydrogens is 342 g/mol. The van der Waals surface area contributed by atoms with E-state index in [1.165, 1.54) is 0 Å². The lowest BCUT2D eigenvalue weighted by Crippen LogP contribution is -2.22.